The van der Waals surface area contributed by atoms with Crippen LogP contribution in [0.5, 0.6) is 0 Å². The number of hydrogen-bond acceptors (Lipinski definition) is 4. The van der Waals surface area contributed by atoms with Gasteiger partial charge in [-0.25, -0.2) is 4.52 Å². The first kappa shape index (κ1) is 10.9. The molecular formula is C11H16N4O. The van der Waals surface area contributed by atoms with Gasteiger partial charge < -0.3 is 10.4 Å². The van der Waals surface area contributed by atoms with Crippen molar-refractivity contribution in [2.45, 2.75) is 32.4 Å². The van der Waals surface area contributed by atoms with Crippen LogP contribution in [0.25, 0.3) is 5.65 Å². The number of fused-ring (bicyclic) bond motifs is 1. The largest absolute Gasteiger partial charge is 0.391 e. The normalized spacial score (nSPS) is 14.0. The van der Waals surface area contributed by atoms with Crippen LogP contribution in [0.15, 0.2) is 24.4 Å². The fourth-order valence-corrected chi connectivity index (χ4v) is 1.28. The van der Waals surface area contributed by atoms with Crippen LogP contribution in [0.3, 0.4) is 0 Å². The van der Waals surface area contributed by atoms with Gasteiger partial charge in [0.1, 0.15) is 0 Å². The minimum Gasteiger partial charge on any atom is -0.391 e. The number of aliphatic hydroxyl groups is 1. The van der Waals surface area contributed by atoms with Gasteiger partial charge in [-0.3, -0.25) is 0 Å². The lowest BCUT2D eigenvalue weighted by Gasteiger charge is -2.28. The Balaban J connectivity index is 2.28. The lowest BCUT2D eigenvalue weighted by Crippen LogP contribution is -2.42. The van der Waals surface area contributed by atoms with Crippen LogP contribution in [-0.4, -0.2) is 31.3 Å². The van der Waals surface area contributed by atoms with Gasteiger partial charge in [0.05, 0.1) is 11.6 Å². The first-order valence-electron chi connectivity index (χ1n) is 5.27. The molecule has 86 valence electrons. The van der Waals surface area contributed by atoms with E-state index in [4.69, 9.17) is 0 Å². The van der Waals surface area contributed by atoms with Crippen molar-refractivity contribution >= 4 is 11.6 Å². The van der Waals surface area contributed by atoms with Crippen molar-refractivity contribution < 1.29 is 5.11 Å². The molecule has 0 radical (unpaired) electrons. The summed E-state index contributed by atoms with van der Waals surface area (Å²) in [7, 11) is 0. The van der Waals surface area contributed by atoms with Gasteiger partial charge in [0.2, 0.25) is 5.95 Å². The summed E-state index contributed by atoms with van der Waals surface area (Å²) in [6.45, 7) is 5.55. The van der Waals surface area contributed by atoms with Crippen LogP contribution in [0.4, 0.5) is 5.95 Å². The first-order chi connectivity index (χ1) is 7.49. The summed E-state index contributed by atoms with van der Waals surface area (Å²) in [6, 6.07) is 5.69. The molecule has 2 heterocycles. The SMILES string of the molecule is CC(O)C(C)(C)Nc1nc2ccccn2n1. The van der Waals surface area contributed by atoms with Crippen molar-refractivity contribution in [1.29, 1.82) is 0 Å². The number of anilines is 1. The second-order valence-electron chi connectivity index (χ2n) is 4.46. The molecule has 2 rings (SSSR count). The standard InChI is InChI=1S/C11H16N4O/c1-8(16)11(2,3)13-10-12-9-6-4-5-7-15(9)14-10/h4-8,16H,1-3H3,(H,13,14). The van der Waals surface area contributed by atoms with E-state index in [0.717, 1.165) is 5.65 Å². The van der Waals surface area contributed by atoms with Gasteiger partial charge in [-0.05, 0) is 32.9 Å². The molecule has 1 unspecified atom stereocenters. The molecule has 2 aromatic heterocycles. The summed E-state index contributed by atoms with van der Waals surface area (Å²) in [4.78, 5) is 4.31. The van der Waals surface area contributed by atoms with Crippen molar-refractivity contribution in [2.75, 3.05) is 5.32 Å². The molecule has 0 fully saturated rings. The molecule has 5 heteroatoms. The van der Waals surface area contributed by atoms with Crippen molar-refractivity contribution in [1.82, 2.24) is 14.6 Å². The molecule has 0 saturated carbocycles. The van der Waals surface area contributed by atoms with E-state index in [9.17, 15) is 5.11 Å². The van der Waals surface area contributed by atoms with Gasteiger partial charge >= 0.3 is 0 Å². The predicted octanol–water partition coefficient (Wildman–Crippen LogP) is 1.30. The Bertz CT molecular complexity index is 456. The number of aliphatic hydroxyl groups excluding tert-OH is 1. The van der Waals surface area contributed by atoms with E-state index >= 15 is 0 Å². The van der Waals surface area contributed by atoms with Gasteiger partial charge in [-0.2, -0.15) is 4.98 Å². The van der Waals surface area contributed by atoms with Crippen molar-refractivity contribution in [3.8, 4) is 0 Å². The molecule has 0 saturated heterocycles. The van der Waals surface area contributed by atoms with E-state index in [0.29, 0.717) is 5.95 Å². The number of aromatic nitrogens is 3. The van der Waals surface area contributed by atoms with E-state index in [1.54, 1.807) is 11.4 Å². The minimum absolute atomic E-state index is 0.453. The number of nitrogens with one attached hydrogen (secondary N) is 1. The Morgan fingerprint density at radius 1 is 1.44 bits per heavy atom. The molecule has 16 heavy (non-hydrogen) atoms. The number of hydrogen-bond donors (Lipinski definition) is 2. The zero-order valence-electron chi connectivity index (χ0n) is 9.68. The van der Waals surface area contributed by atoms with Crippen molar-refractivity contribution in [3.05, 3.63) is 24.4 Å². The third-order valence-electron chi connectivity index (χ3n) is 2.72. The molecule has 0 bridgehead atoms. The maximum atomic E-state index is 9.59. The van der Waals surface area contributed by atoms with E-state index < -0.39 is 11.6 Å². The fourth-order valence-electron chi connectivity index (χ4n) is 1.28. The zero-order valence-corrected chi connectivity index (χ0v) is 9.68. The fraction of sp³-hybridized carbons (Fsp3) is 0.455. The predicted molar refractivity (Wildman–Crippen MR) is 62.4 cm³/mol. The summed E-state index contributed by atoms with van der Waals surface area (Å²) < 4.78 is 1.69. The lowest BCUT2D eigenvalue weighted by molar-refractivity contribution is 0.132. The molecule has 2 aromatic rings. The average molecular weight is 220 g/mol. The Morgan fingerprint density at radius 2 is 2.19 bits per heavy atom. The van der Waals surface area contributed by atoms with E-state index in [1.807, 2.05) is 38.2 Å². The van der Waals surface area contributed by atoms with Gasteiger partial charge in [-0.1, -0.05) is 6.07 Å². The summed E-state index contributed by atoms with van der Waals surface area (Å²) in [5, 5.41) is 17.0. The highest BCUT2D eigenvalue weighted by molar-refractivity contribution is 5.43. The van der Waals surface area contributed by atoms with Crippen LogP contribution in [0.2, 0.25) is 0 Å². The number of rotatable bonds is 3. The van der Waals surface area contributed by atoms with Crippen LogP contribution in [0, 0.1) is 0 Å². The second kappa shape index (κ2) is 3.75. The first-order valence-corrected chi connectivity index (χ1v) is 5.27. The third kappa shape index (κ3) is 1.99. The highest BCUT2D eigenvalue weighted by Crippen LogP contribution is 2.15. The van der Waals surface area contributed by atoms with Crippen LogP contribution >= 0.6 is 0 Å². The van der Waals surface area contributed by atoms with Crippen LogP contribution in [-0.2, 0) is 0 Å². The molecule has 2 N–H and O–H groups in total. The number of nitrogens with zero attached hydrogens (tertiary/aromatic N) is 3. The van der Waals surface area contributed by atoms with Crippen LogP contribution in [0.1, 0.15) is 20.8 Å². The topological polar surface area (TPSA) is 62.5 Å². The van der Waals surface area contributed by atoms with Gasteiger partial charge in [-0.15, -0.1) is 5.10 Å². The van der Waals surface area contributed by atoms with E-state index in [1.165, 1.54) is 0 Å². The maximum absolute atomic E-state index is 9.59. The molecule has 0 aliphatic carbocycles. The Hall–Kier alpha value is -1.62. The molecule has 0 aliphatic heterocycles. The highest BCUT2D eigenvalue weighted by Gasteiger charge is 2.25. The Kier molecular flexibility index (Phi) is 2.55. The van der Waals surface area contributed by atoms with E-state index in [-0.39, 0.29) is 0 Å². The summed E-state index contributed by atoms with van der Waals surface area (Å²) >= 11 is 0. The molecule has 0 aliphatic rings. The molecule has 0 aromatic carbocycles. The lowest BCUT2D eigenvalue weighted by atomic mass is 9.99. The summed E-state index contributed by atoms with van der Waals surface area (Å²) in [5.74, 6) is 0.525. The highest BCUT2D eigenvalue weighted by atomic mass is 16.3. The molecule has 1 atom stereocenters. The summed E-state index contributed by atoms with van der Waals surface area (Å²) in [6.07, 6.45) is 1.35. The summed E-state index contributed by atoms with van der Waals surface area (Å²) in [5.41, 5.74) is 0.330. The van der Waals surface area contributed by atoms with Gasteiger partial charge in [0.15, 0.2) is 5.65 Å². The second-order valence-corrected chi connectivity index (χ2v) is 4.46. The Morgan fingerprint density at radius 3 is 2.81 bits per heavy atom. The van der Waals surface area contributed by atoms with Crippen molar-refractivity contribution in [2.24, 2.45) is 0 Å². The zero-order chi connectivity index (χ0) is 11.8. The molecule has 0 spiro atoms. The minimum atomic E-state index is -0.487. The number of pyridine rings is 1. The van der Waals surface area contributed by atoms with E-state index in [2.05, 4.69) is 15.4 Å². The molecule has 0 amide bonds. The monoisotopic (exact) mass is 220 g/mol. The Labute approximate surface area is 94.1 Å². The molecule has 5 nitrogen and oxygen atoms in total. The van der Waals surface area contributed by atoms with Gasteiger partial charge in [0.25, 0.3) is 0 Å². The van der Waals surface area contributed by atoms with Crippen molar-refractivity contribution in [3.63, 3.8) is 0 Å². The third-order valence-corrected chi connectivity index (χ3v) is 2.72. The van der Waals surface area contributed by atoms with Gasteiger partial charge in [0, 0.05) is 6.20 Å². The maximum Gasteiger partial charge on any atom is 0.243 e. The quantitative estimate of drug-likeness (QED) is 0.818. The smallest absolute Gasteiger partial charge is 0.243 e. The molecular weight excluding hydrogens is 204 g/mol. The average Bonchev–Trinajstić information content (AvgIpc) is 2.58. The van der Waals surface area contributed by atoms with Crippen LogP contribution < -0.4 is 5.32 Å².